The molecule has 2 heteroatoms. The molecule has 0 rings (SSSR count). The molecule has 0 saturated carbocycles. The van der Waals surface area contributed by atoms with Crippen molar-refractivity contribution < 1.29 is 4.79 Å². The third-order valence-electron chi connectivity index (χ3n) is 4.32. The Morgan fingerprint density at radius 3 is 2.00 bits per heavy atom. The van der Waals surface area contributed by atoms with Crippen molar-refractivity contribution in [2.24, 2.45) is 5.92 Å². The number of amides is 1. The van der Waals surface area contributed by atoms with E-state index in [1.165, 1.54) is 64.2 Å². The highest BCUT2D eigenvalue weighted by Crippen LogP contribution is 2.10. The molecule has 150 valence electrons. The van der Waals surface area contributed by atoms with Gasteiger partial charge in [0.05, 0.1) is 0 Å². The highest BCUT2D eigenvalue weighted by Gasteiger charge is 1.95. The van der Waals surface area contributed by atoms with Crippen LogP contribution in [0.3, 0.4) is 0 Å². The second kappa shape index (κ2) is 20.0. The Labute approximate surface area is 163 Å². The summed E-state index contributed by atoms with van der Waals surface area (Å²) in [5.41, 5.74) is 0. The molecular weight excluding hydrogens is 318 g/mol. The Hall–Kier alpha value is -1.31. The second-order valence-electron chi connectivity index (χ2n) is 7.59. The van der Waals surface area contributed by atoms with Gasteiger partial charge >= 0.3 is 0 Å². The highest BCUT2D eigenvalue weighted by atomic mass is 16.1. The van der Waals surface area contributed by atoms with E-state index >= 15 is 0 Å². The highest BCUT2D eigenvalue weighted by molar-refractivity contribution is 5.87. The lowest BCUT2D eigenvalue weighted by Crippen LogP contribution is -2.25. The Morgan fingerprint density at radius 2 is 1.35 bits per heavy atom. The van der Waals surface area contributed by atoms with E-state index in [9.17, 15) is 4.79 Å². The van der Waals surface area contributed by atoms with Crippen molar-refractivity contribution in [1.82, 2.24) is 5.32 Å². The Kier molecular flexibility index (Phi) is 19.0. The molecule has 2 nitrogen and oxygen atoms in total. The van der Waals surface area contributed by atoms with Gasteiger partial charge in [0.25, 0.3) is 0 Å². The van der Waals surface area contributed by atoms with Crippen LogP contribution in [0.5, 0.6) is 0 Å². The molecule has 0 unspecified atom stereocenters. The molecule has 0 atom stereocenters. The topological polar surface area (TPSA) is 29.1 Å². The van der Waals surface area contributed by atoms with Crippen LogP contribution in [0.2, 0.25) is 0 Å². The number of allylic oxidation sites excluding steroid dienone is 5. The van der Waals surface area contributed by atoms with Crippen LogP contribution in [0.4, 0.5) is 0 Å². The van der Waals surface area contributed by atoms with Gasteiger partial charge in [-0.2, -0.15) is 0 Å². The van der Waals surface area contributed by atoms with Gasteiger partial charge in [0, 0.05) is 12.6 Å². The second-order valence-corrected chi connectivity index (χ2v) is 7.59. The summed E-state index contributed by atoms with van der Waals surface area (Å²) < 4.78 is 0. The Bertz CT molecular complexity index is 393. The van der Waals surface area contributed by atoms with Gasteiger partial charge < -0.3 is 5.32 Å². The summed E-state index contributed by atoms with van der Waals surface area (Å²) in [7, 11) is 0. The van der Waals surface area contributed by atoms with Gasteiger partial charge in [-0.1, -0.05) is 103 Å². The summed E-state index contributed by atoms with van der Waals surface area (Å²) >= 11 is 0. The molecule has 0 aliphatic carbocycles. The normalized spacial score (nSPS) is 12.2. The number of carbonyl (C=O) groups excluding carboxylic acids is 1. The van der Waals surface area contributed by atoms with Crippen LogP contribution in [-0.2, 0) is 4.79 Å². The summed E-state index contributed by atoms with van der Waals surface area (Å²) in [6.45, 7) is 7.19. The van der Waals surface area contributed by atoms with E-state index in [-0.39, 0.29) is 5.91 Å². The van der Waals surface area contributed by atoms with Crippen molar-refractivity contribution in [2.45, 2.75) is 97.8 Å². The largest absolute Gasteiger partial charge is 0.352 e. The van der Waals surface area contributed by atoms with E-state index in [2.05, 4.69) is 44.3 Å². The molecule has 0 bridgehead atoms. The van der Waals surface area contributed by atoms with Gasteiger partial charge in [0.1, 0.15) is 0 Å². The van der Waals surface area contributed by atoms with E-state index < -0.39 is 0 Å². The number of rotatable bonds is 17. The minimum absolute atomic E-state index is 0.01000. The van der Waals surface area contributed by atoms with E-state index in [4.69, 9.17) is 0 Å². The van der Waals surface area contributed by atoms with Crippen LogP contribution in [-0.4, -0.2) is 12.5 Å². The molecule has 1 amide bonds. The van der Waals surface area contributed by atoms with Gasteiger partial charge in [-0.25, -0.2) is 0 Å². The quantitative estimate of drug-likeness (QED) is 0.127. The zero-order chi connectivity index (χ0) is 19.3. The SMILES string of the molecule is CCCCCCCCCCC/C=C\CC/C=C/C=C\C(=O)NCC(C)C. The molecule has 0 aromatic rings. The molecule has 26 heavy (non-hydrogen) atoms. The molecule has 1 N–H and O–H groups in total. The van der Waals surface area contributed by atoms with E-state index in [0.717, 1.165) is 19.4 Å². The summed E-state index contributed by atoms with van der Waals surface area (Å²) in [4.78, 5) is 11.5. The molecule has 0 aromatic heterocycles. The van der Waals surface area contributed by atoms with Gasteiger partial charge in [-0.3, -0.25) is 4.79 Å². The maximum atomic E-state index is 11.5. The fourth-order valence-electron chi connectivity index (χ4n) is 2.68. The van der Waals surface area contributed by atoms with Crippen molar-refractivity contribution in [3.63, 3.8) is 0 Å². The predicted molar refractivity (Wildman–Crippen MR) is 116 cm³/mol. The average molecular weight is 362 g/mol. The zero-order valence-corrected chi connectivity index (χ0v) is 17.6. The maximum Gasteiger partial charge on any atom is 0.243 e. The van der Waals surface area contributed by atoms with E-state index in [1.807, 2.05) is 12.2 Å². The predicted octanol–water partition coefficient (Wildman–Crippen LogP) is 7.13. The number of nitrogens with one attached hydrogen (secondary N) is 1. The lowest BCUT2D eigenvalue weighted by atomic mass is 10.1. The minimum atomic E-state index is -0.01000. The first-order valence-electron chi connectivity index (χ1n) is 10.9. The zero-order valence-electron chi connectivity index (χ0n) is 17.6. The lowest BCUT2D eigenvalue weighted by molar-refractivity contribution is -0.116. The molecule has 0 fully saturated rings. The smallest absolute Gasteiger partial charge is 0.243 e. The molecule has 0 spiro atoms. The van der Waals surface area contributed by atoms with Crippen LogP contribution in [0, 0.1) is 5.92 Å². The van der Waals surface area contributed by atoms with Crippen molar-refractivity contribution in [1.29, 1.82) is 0 Å². The van der Waals surface area contributed by atoms with E-state index in [0.29, 0.717) is 5.92 Å². The van der Waals surface area contributed by atoms with Crippen molar-refractivity contribution >= 4 is 5.91 Å². The fourth-order valence-corrected chi connectivity index (χ4v) is 2.68. The molecular formula is C24H43NO. The van der Waals surface area contributed by atoms with Gasteiger partial charge in [0.15, 0.2) is 0 Å². The molecule has 0 heterocycles. The van der Waals surface area contributed by atoms with Crippen LogP contribution >= 0.6 is 0 Å². The average Bonchev–Trinajstić information content (AvgIpc) is 2.62. The number of carbonyl (C=O) groups is 1. The van der Waals surface area contributed by atoms with Gasteiger partial charge in [-0.15, -0.1) is 0 Å². The first kappa shape index (κ1) is 24.7. The van der Waals surface area contributed by atoms with E-state index in [1.54, 1.807) is 6.08 Å². The number of unbranched alkanes of at least 4 members (excludes halogenated alkanes) is 10. The fraction of sp³-hybridized carbons (Fsp3) is 0.708. The first-order valence-corrected chi connectivity index (χ1v) is 10.9. The summed E-state index contributed by atoms with van der Waals surface area (Å²) in [5.74, 6) is 0.481. The molecule has 0 radical (unpaired) electrons. The minimum Gasteiger partial charge on any atom is -0.352 e. The molecule has 0 saturated heterocycles. The third kappa shape index (κ3) is 20.7. The van der Waals surface area contributed by atoms with Crippen molar-refractivity contribution in [3.05, 3.63) is 36.5 Å². The van der Waals surface area contributed by atoms with Crippen LogP contribution in [0.1, 0.15) is 97.8 Å². The third-order valence-corrected chi connectivity index (χ3v) is 4.32. The van der Waals surface area contributed by atoms with Crippen LogP contribution in [0.15, 0.2) is 36.5 Å². The standard InChI is InChI=1S/C24H43NO/c1-4-5-6-7-8-9-10-11-12-13-14-15-16-17-18-19-20-21-24(26)25-22-23(2)3/h14-15,18-21,23H,4-13,16-17,22H2,1-3H3,(H,25,26)/b15-14-,19-18+,21-20-. The van der Waals surface area contributed by atoms with Gasteiger partial charge in [0.2, 0.25) is 5.91 Å². The molecule has 0 aliphatic heterocycles. The van der Waals surface area contributed by atoms with Gasteiger partial charge in [-0.05, 0) is 31.6 Å². The summed E-state index contributed by atoms with van der Waals surface area (Å²) in [6.07, 6.45) is 28.0. The Balaban J connectivity index is 3.38. The van der Waals surface area contributed by atoms with Crippen molar-refractivity contribution in [3.8, 4) is 0 Å². The van der Waals surface area contributed by atoms with Crippen LogP contribution in [0.25, 0.3) is 0 Å². The Morgan fingerprint density at radius 1 is 0.769 bits per heavy atom. The first-order chi connectivity index (χ1) is 12.7. The number of hydrogen-bond donors (Lipinski definition) is 1. The summed E-state index contributed by atoms with van der Waals surface area (Å²) in [5, 5.41) is 2.87. The monoisotopic (exact) mass is 361 g/mol. The van der Waals surface area contributed by atoms with Crippen molar-refractivity contribution in [2.75, 3.05) is 6.54 Å². The molecule has 0 aliphatic rings. The number of hydrogen-bond acceptors (Lipinski definition) is 1. The molecule has 0 aromatic carbocycles. The lowest BCUT2D eigenvalue weighted by Gasteiger charge is -2.03. The van der Waals surface area contributed by atoms with Crippen LogP contribution < -0.4 is 5.32 Å². The summed E-state index contributed by atoms with van der Waals surface area (Å²) in [6, 6.07) is 0. The maximum absolute atomic E-state index is 11.5.